The molecule has 0 aromatic heterocycles. The first kappa shape index (κ1) is 17.5. The standard InChI is InChI=1S/C21H20N2O3/c1-15(26-20-11-10-17-7-3-4-8-18(17)13-20)21(24)23-22-14-16-6-5-9-19(12-16)25-2/h3-15H,1-2H3,(H,23,24)/b22-14-/t15-/m0/s1. The number of carbonyl (C=O) groups excluding carboxylic acids is 1. The molecule has 0 aliphatic rings. The second kappa shape index (κ2) is 8.16. The Balaban J connectivity index is 1.59. The lowest BCUT2D eigenvalue weighted by Gasteiger charge is -2.13. The number of nitrogens with one attached hydrogen (secondary N) is 1. The van der Waals surface area contributed by atoms with Crippen LogP contribution in [0, 0.1) is 0 Å². The zero-order valence-electron chi connectivity index (χ0n) is 14.7. The third kappa shape index (κ3) is 4.39. The number of methoxy groups -OCH3 is 1. The predicted octanol–water partition coefficient (Wildman–Crippen LogP) is 3.77. The molecule has 0 saturated carbocycles. The third-order valence-electron chi connectivity index (χ3n) is 3.89. The molecule has 1 atom stereocenters. The first-order valence-electron chi connectivity index (χ1n) is 8.28. The number of carbonyl (C=O) groups is 1. The van der Waals surface area contributed by atoms with Crippen molar-refractivity contribution in [3.8, 4) is 11.5 Å². The molecule has 0 radical (unpaired) electrons. The fraction of sp³-hybridized carbons (Fsp3) is 0.143. The molecular weight excluding hydrogens is 328 g/mol. The molecular formula is C21H20N2O3. The summed E-state index contributed by atoms with van der Waals surface area (Å²) < 4.78 is 10.9. The van der Waals surface area contributed by atoms with Crippen LogP contribution in [0.2, 0.25) is 0 Å². The highest BCUT2D eigenvalue weighted by Gasteiger charge is 2.14. The topological polar surface area (TPSA) is 59.9 Å². The smallest absolute Gasteiger partial charge is 0.280 e. The van der Waals surface area contributed by atoms with Gasteiger partial charge in [-0.15, -0.1) is 0 Å². The molecule has 0 fully saturated rings. The van der Waals surface area contributed by atoms with E-state index in [1.807, 2.05) is 66.7 Å². The number of hydrogen-bond donors (Lipinski definition) is 1. The molecule has 0 unspecified atom stereocenters. The molecule has 0 aliphatic carbocycles. The van der Waals surface area contributed by atoms with E-state index >= 15 is 0 Å². The second-order valence-corrected chi connectivity index (χ2v) is 5.78. The second-order valence-electron chi connectivity index (χ2n) is 5.78. The van der Waals surface area contributed by atoms with Crippen LogP contribution in [0.15, 0.2) is 71.8 Å². The first-order chi connectivity index (χ1) is 12.7. The molecule has 3 rings (SSSR count). The minimum absolute atomic E-state index is 0.322. The molecule has 0 heterocycles. The van der Waals surface area contributed by atoms with Gasteiger partial charge in [0.1, 0.15) is 11.5 Å². The minimum Gasteiger partial charge on any atom is -0.497 e. The lowest BCUT2D eigenvalue weighted by Crippen LogP contribution is -2.33. The Morgan fingerprint density at radius 1 is 1.00 bits per heavy atom. The van der Waals surface area contributed by atoms with E-state index in [9.17, 15) is 4.79 Å². The van der Waals surface area contributed by atoms with Gasteiger partial charge >= 0.3 is 0 Å². The van der Waals surface area contributed by atoms with E-state index in [0.717, 1.165) is 22.1 Å². The van der Waals surface area contributed by atoms with Gasteiger partial charge in [-0.3, -0.25) is 4.79 Å². The summed E-state index contributed by atoms with van der Waals surface area (Å²) in [5.74, 6) is 1.05. The van der Waals surface area contributed by atoms with Crippen molar-refractivity contribution in [2.45, 2.75) is 13.0 Å². The van der Waals surface area contributed by atoms with Crippen LogP contribution >= 0.6 is 0 Å². The van der Waals surface area contributed by atoms with Crippen LogP contribution in [-0.2, 0) is 4.79 Å². The van der Waals surface area contributed by atoms with Crippen LogP contribution in [0.4, 0.5) is 0 Å². The minimum atomic E-state index is -0.668. The third-order valence-corrected chi connectivity index (χ3v) is 3.89. The molecule has 26 heavy (non-hydrogen) atoms. The van der Waals surface area contributed by atoms with Gasteiger partial charge in [0.2, 0.25) is 0 Å². The van der Waals surface area contributed by atoms with Crippen molar-refractivity contribution in [3.63, 3.8) is 0 Å². The zero-order valence-corrected chi connectivity index (χ0v) is 14.7. The first-order valence-corrected chi connectivity index (χ1v) is 8.28. The van der Waals surface area contributed by atoms with Crippen molar-refractivity contribution in [1.82, 2.24) is 5.43 Å². The maximum absolute atomic E-state index is 12.1. The molecule has 0 saturated heterocycles. The van der Waals surface area contributed by atoms with Gasteiger partial charge in [-0.1, -0.05) is 42.5 Å². The van der Waals surface area contributed by atoms with Gasteiger partial charge in [0.15, 0.2) is 6.10 Å². The fourth-order valence-electron chi connectivity index (χ4n) is 2.48. The maximum atomic E-state index is 12.1. The molecule has 0 aliphatic heterocycles. The van der Waals surface area contributed by atoms with Crippen molar-refractivity contribution in [3.05, 3.63) is 72.3 Å². The van der Waals surface area contributed by atoms with E-state index in [1.165, 1.54) is 0 Å². The quantitative estimate of drug-likeness (QED) is 0.545. The number of rotatable bonds is 6. The van der Waals surface area contributed by atoms with E-state index in [0.29, 0.717) is 5.75 Å². The average Bonchev–Trinajstić information content (AvgIpc) is 2.68. The van der Waals surface area contributed by atoms with Gasteiger partial charge in [0.25, 0.3) is 5.91 Å². The van der Waals surface area contributed by atoms with E-state index in [1.54, 1.807) is 20.2 Å². The molecule has 132 valence electrons. The predicted molar refractivity (Wildman–Crippen MR) is 103 cm³/mol. The van der Waals surface area contributed by atoms with Crippen LogP contribution in [-0.4, -0.2) is 25.3 Å². The van der Waals surface area contributed by atoms with Gasteiger partial charge in [0, 0.05) is 0 Å². The maximum Gasteiger partial charge on any atom is 0.280 e. The summed E-state index contributed by atoms with van der Waals surface area (Å²) in [6.45, 7) is 1.69. The molecule has 0 spiro atoms. The summed E-state index contributed by atoms with van der Waals surface area (Å²) in [7, 11) is 1.60. The monoisotopic (exact) mass is 348 g/mol. The highest BCUT2D eigenvalue weighted by molar-refractivity contribution is 5.85. The highest BCUT2D eigenvalue weighted by Crippen LogP contribution is 2.21. The Kier molecular flexibility index (Phi) is 5.49. The van der Waals surface area contributed by atoms with Gasteiger partial charge in [-0.05, 0) is 47.5 Å². The van der Waals surface area contributed by atoms with Crippen molar-refractivity contribution >= 4 is 22.9 Å². The number of hydrogen-bond acceptors (Lipinski definition) is 4. The number of ether oxygens (including phenoxy) is 2. The normalized spacial score (nSPS) is 12.1. The highest BCUT2D eigenvalue weighted by atomic mass is 16.5. The fourth-order valence-corrected chi connectivity index (χ4v) is 2.48. The van der Waals surface area contributed by atoms with E-state index < -0.39 is 6.10 Å². The largest absolute Gasteiger partial charge is 0.497 e. The number of hydrazone groups is 1. The van der Waals surface area contributed by atoms with Gasteiger partial charge in [-0.2, -0.15) is 5.10 Å². The Bertz CT molecular complexity index is 937. The molecule has 3 aromatic rings. The summed E-state index contributed by atoms with van der Waals surface area (Å²) in [6, 6.07) is 21.1. The lowest BCUT2D eigenvalue weighted by atomic mass is 10.1. The van der Waals surface area contributed by atoms with Crippen molar-refractivity contribution in [1.29, 1.82) is 0 Å². The van der Waals surface area contributed by atoms with Gasteiger partial charge in [0.05, 0.1) is 13.3 Å². The van der Waals surface area contributed by atoms with Crippen molar-refractivity contribution in [2.75, 3.05) is 7.11 Å². The number of amides is 1. The average molecular weight is 348 g/mol. The van der Waals surface area contributed by atoms with Crippen LogP contribution in [0.5, 0.6) is 11.5 Å². The van der Waals surface area contributed by atoms with Crippen LogP contribution < -0.4 is 14.9 Å². The molecule has 3 aromatic carbocycles. The SMILES string of the molecule is COc1cccc(/C=N\NC(=O)[C@H](C)Oc2ccc3ccccc3c2)c1. The van der Waals surface area contributed by atoms with Crippen LogP contribution in [0.25, 0.3) is 10.8 Å². The van der Waals surface area contributed by atoms with Gasteiger partial charge < -0.3 is 9.47 Å². The number of benzene rings is 3. The Morgan fingerprint density at radius 2 is 1.81 bits per heavy atom. The molecule has 1 N–H and O–H groups in total. The van der Waals surface area contributed by atoms with Crippen molar-refractivity contribution in [2.24, 2.45) is 5.10 Å². The summed E-state index contributed by atoms with van der Waals surface area (Å²) in [5, 5.41) is 6.16. The Labute approximate surface area is 152 Å². The summed E-state index contributed by atoms with van der Waals surface area (Å²) in [4.78, 5) is 12.1. The zero-order chi connectivity index (χ0) is 18.4. The molecule has 0 bridgehead atoms. The van der Waals surface area contributed by atoms with E-state index in [-0.39, 0.29) is 5.91 Å². The summed E-state index contributed by atoms with van der Waals surface area (Å²) in [6.07, 6.45) is 0.891. The molecule has 5 nitrogen and oxygen atoms in total. The van der Waals surface area contributed by atoms with Crippen molar-refractivity contribution < 1.29 is 14.3 Å². The van der Waals surface area contributed by atoms with E-state index in [2.05, 4.69) is 10.5 Å². The number of fused-ring (bicyclic) bond motifs is 1. The molecule has 1 amide bonds. The Hall–Kier alpha value is -3.34. The number of nitrogens with zero attached hydrogens (tertiary/aromatic N) is 1. The van der Waals surface area contributed by atoms with Gasteiger partial charge in [-0.25, -0.2) is 5.43 Å². The molecule has 5 heteroatoms. The Morgan fingerprint density at radius 3 is 2.62 bits per heavy atom. The lowest BCUT2D eigenvalue weighted by molar-refractivity contribution is -0.127. The van der Waals surface area contributed by atoms with Crippen LogP contribution in [0.1, 0.15) is 12.5 Å². The van der Waals surface area contributed by atoms with Crippen LogP contribution in [0.3, 0.4) is 0 Å². The van der Waals surface area contributed by atoms with E-state index in [4.69, 9.17) is 9.47 Å². The summed E-state index contributed by atoms with van der Waals surface area (Å²) in [5.41, 5.74) is 3.32. The summed E-state index contributed by atoms with van der Waals surface area (Å²) >= 11 is 0.